The number of aromatic nitrogens is 1. The zero-order valence-electron chi connectivity index (χ0n) is 11.5. The van der Waals surface area contributed by atoms with Crippen LogP contribution < -0.4 is 5.32 Å². The maximum absolute atomic E-state index is 12.6. The van der Waals surface area contributed by atoms with Crippen LogP contribution in [0.5, 0.6) is 0 Å². The molecular formula is C12H14ClF3N2O3. The highest BCUT2D eigenvalue weighted by atomic mass is 35.5. The number of rotatable bonds is 2. The van der Waals surface area contributed by atoms with Gasteiger partial charge in [0, 0.05) is 6.20 Å². The van der Waals surface area contributed by atoms with Gasteiger partial charge in [0.2, 0.25) is 0 Å². The van der Waals surface area contributed by atoms with Crippen LogP contribution in [0, 0.1) is 0 Å². The Balaban J connectivity index is 3.09. The van der Waals surface area contributed by atoms with E-state index < -0.39 is 35.4 Å². The standard InChI is InChI=1S/C12H14ClF3N2O3/c1-11(2,3)21-10(20)18-9-7(6(13)4-5-17-9)8(19)12(14,15)16/h4-5,8,19H,1-3H3,(H,17,18,20)/t8-/m1/s1. The van der Waals surface area contributed by atoms with Crippen LogP contribution in [0.4, 0.5) is 23.8 Å². The molecule has 2 N–H and O–H groups in total. The first-order chi connectivity index (χ1) is 9.42. The van der Waals surface area contributed by atoms with E-state index in [1.807, 2.05) is 5.32 Å². The van der Waals surface area contributed by atoms with E-state index in [2.05, 4.69) is 4.98 Å². The van der Waals surface area contributed by atoms with E-state index in [0.29, 0.717) is 0 Å². The fourth-order valence-electron chi connectivity index (χ4n) is 1.37. The topological polar surface area (TPSA) is 71.5 Å². The van der Waals surface area contributed by atoms with Gasteiger partial charge >= 0.3 is 12.3 Å². The number of ether oxygens (including phenoxy) is 1. The van der Waals surface area contributed by atoms with Crippen molar-refractivity contribution in [1.29, 1.82) is 0 Å². The minimum Gasteiger partial charge on any atom is -0.444 e. The van der Waals surface area contributed by atoms with Crippen molar-refractivity contribution in [2.75, 3.05) is 5.32 Å². The van der Waals surface area contributed by atoms with Crippen LogP contribution in [0.3, 0.4) is 0 Å². The van der Waals surface area contributed by atoms with Gasteiger partial charge in [0.1, 0.15) is 11.4 Å². The molecule has 0 aromatic carbocycles. The summed E-state index contributed by atoms with van der Waals surface area (Å²) < 4.78 is 42.8. The number of nitrogens with zero attached hydrogens (tertiary/aromatic N) is 1. The summed E-state index contributed by atoms with van der Waals surface area (Å²) in [5.41, 5.74) is -1.58. The number of amides is 1. The molecule has 21 heavy (non-hydrogen) atoms. The fourth-order valence-corrected chi connectivity index (χ4v) is 1.62. The Morgan fingerprint density at radius 2 is 2.00 bits per heavy atom. The normalized spacial score (nSPS) is 13.7. The number of carbonyl (C=O) groups is 1. The van der Waals surface area contributed by atoms with Crippen molar-refractivity contribution >= 4 is 23.5 Å². The largest absolute Gasteiger partial charge is 0.444 e. The molecule has 0 bridgehead atoms. The van der Waals surface area contributed by atoms with E-state index in [4.69, 9.17) is 16.3 Å². The molecule has 0 saturated heterocycles. The number of alkyl halides is 3. The monoisotopic (exact) mass is 326 g/mol. The van der Waals surface area contributed by atoms with Gasteiger partial charge in [0.15, 0.2) is 6.10 Å². The van der Waals surface area contributed by atoms with Crippen molar-refractivity contribution in [2.24, 2.45) is 0 Å². The highest BCUT2D eigenvalue weighted by Crippen LogP contribution is 2.39. The molecule has 1 amide bonds. The summed E-state index contributed by atoms with van der Waals surface area (Å²) in [5.74, 6) is -0.512. The molecule has 0 aliphatic rings. The summed E-state index contributed by atoms with van der Waals surface area (Å²) in [4.78, 5) is 15.2. The van der Waals surface area contributed by atoms with Crippen molar-refractivity contribution in [3.05, 3.63) is 22.8 Å². The first-order valence-corrected chi connectivity index (χ1v) is 6.19. The number of pyridine rings is 1. The average Bonchev–Trinajstić information content (AvgIpc) is 2.24. The molecule has 0 unspecified atom stereocenters. The smallest absolute Gasteiger partial charge is 0.418 e. The zero-order valence-corrected chi connectivity index (χ0v) is 12.2. The fraction of sp³-hybridized carbons (Fsp3) is 0.500. The second kappa shape index (κ2) is 6.07. The molecule has 0 aliphatic heterocycles. The third kappa shape index (κ3) is 5.05. The first-order valence-electron chi connectivity index (χ1n) is 5.81. The molecule has 5 nitrogen and oxygen atoms in total. The van der Waals surface area contributed by atoms with Gasteiger partial charge in [0.25, 0.3) is 0 Å². The van der Waals surface area contributed by atoms with Gasteiger partial charge < -0.3 is 9.84 Å². The third-order valence-corrected chi connectivity index (χ3v) is 2.47. The van der Waals surface area contributed by atoms with Crippen LogP contribution in [0.1, 0.15) is 32.4 Å². The van der Waals surface area contributed by atoms with Crippen molar-refractivity contribution < 1.29 is 27.8 Å². The molecule has 9 heteroatoms. The molecule has 0 radical (unpaired) electrons. The summed E-state index contributed by atoms with van der Waals surface area (Å²) in [5, 5.41) is 11.0. The van der Waals surface area contributed by atoms with Gasteiger partial charge in [-0.2, -0.15) is 13.2 Å². The Labute approximate surface area is 124 Å². The van der Waals surface area contributed by atoms with E-state index in [1.165, 1.54) is 0 Å². The SMILES string of the molecule is CC(C)(C)OC(=O)Nc1nccc(Cl)c1[C@@H](O)C(F)(F)F. The van der Waals surface area contributed by atoms with E-state index >= 15 is 0 Å². The van der Waals surface area contributed by atoms with Gasteiger partial charge in [-0.1, -0.05) is 11.6 Å². The lowest BCUT2D eigenvalue weighted by Gasteiger charge is -2.22. The Morgan fingerprint density at radius 3 is 2.48 bits per heavy atom. The van der Waals surface area contributed by atoms with Crippen molar-refractivity contribution in [3.8, 4) is 0 Å². The molecule has 1 atom stereocenters. The van der Waals surface area contributed by atoms with Gasteiger partial charge in [-0.05, 0) is 26.8 Å². The van der Waals surface area contributed by atoms with Crippen molar-refractivity contribution in [2.45, 2.75) is 38.7 Å². The lowest BCUT2D eigenvalue weighted by atomic mass is 10.1. The summed E-state index contributed by atoms with van der Waals surface area (Å²) in [6.45, 7) is 4.76. The maximum atomic E-state index is 12.6. The number of nitrogens with one attached hydrogen (secondary N) is 1. The lowest BCUT2D eigenvalue weighted by Crippen LogP contribution is -2.29. The summed E-state index contributed by atoms with van der Waals surface area (Å²) in [7, 11) is 0. The van der Waals surface area contributed by atoms with Gasteiger partial charge in [-0.25, -0.2) is 9.78 Å². The average molecular weight is 327 g/mol. The van der Waals surface area contributed by atoms with Crippen LogP contribution in [-0.2, 0) is 4.74 Å². The minimum absolute atomic E-state index is 0.374. The zero-order chi connectivity index (χ0) is 16.4. The summed E-state index contributed by atoms with van der Waals surface area (Å²) >= 11 is 5.65. The molecule has 1 rings (SSSR count). The number of aliphatic hydroxyl groups is 1. The molecule has 0 aliphatic carbocycles. The van der Waals surface area contributed by atoms with Gasteiger partial charge in [0.05, 0.1) is 10.6 Å². The van der Waals surface area contributed by atoms with Crippen molar-refractivity contribution in [3.63, 3.8) is 0 Å². The Morgan fingerprint density at radius 1 is 1.43 bits per heavy atom. The van der Waals surface area contributed by atoms with Crippen LogP contribution in [0.2, 0.25) is 5.02 Å². The lowest BCUT2D eigenvalue weighted by molar-refractivity contribution is -0.206. The number of hydrogen-bond acceptors (Lipinski definition) is 4. The molecule has 0 saturated carbocycles. The van der Waals surface area contributed by atoms with Crippen LogP contribution in [-0.4, -0.2) is 28.0 Å². The molecule has 0 fully saturated rings. The van der Waals surface area contributed by atoms with Crippen molar-refractivity contribution in [1.82, 2.24) is 4.98 Å². The van der Waals surface area contributed by atoms with Crippen LogP contribution >= 0.6 is 11.6 Å². The molecule has 0 spiro atoms. The maximum Gasteiger partial charge on any atom is 0.418 e. The Bertz CT molecular complexity index is 529. The first kappa shape index (κ1) is 17.5. The van der Waals surface area contributed by atoms with Gasteiger partial charge in [-0.15, -0.1) is 0 Å². The molecule has 1 aromatic heterocycles. The minimum atomic E-state index is -4.95. The second-order valence-electron chi connectivity index (χ2n) is 5.13. The predicted molar refractivity (Wildman–Crippen MR) is 70.1 cm³/mol. The molecule has 1 aromatic rings. The summed E-state index contributed by atoms with van der Waals surface area (Å²) in [6, 6.07) is 1.08. The highest BCUT2D eigenvalue weighted by molar-refractivity contribution is 6.31. The molecular weight excluding hydrogens is 313 g/mol. The Kier molecular flexibility index (Phi) is 5.06. The second-order valence-corrected chi connectivity index (χ2v) is 5.53. The summed E-state index contributed by atoms with van der Waals surface area (Å²) in [6.07, 6.45) is -7.73. The third-order valence-electron chi connectivity index (χ3n) is 2.14. The van der Waals surface area contributed by atoms with E-state index in [9.17, 15) is 23.1 Å². The number of carbonyl (C=O) groups excluding carboxylic acids is 1. The highest BCUT2D eigenvalue weighted by Gasteiger charge is 2.42. The quantitative estimate of drug-likeness (QED) is 0.869. The number of aliphatic hydroxyl groups excluding tert-OH is 1. The predicted octanol–water partition coefficient (Wildman–Crippen LogP) is 3.68. The Hall–Kier alpha value is -1.54. The number of hydrogen-bond donors (Lipinski definition) is 2. The molecule has 118 valence electrons. The van der Waals surface area contributed by atoms with Crippen LogP contribution in [0.15, 0.2) is 12.3 Å². The number of anilines is 1. The number of halogens is 4. The van der Waals surface area contributed by atoms with E-state index in [1.54, 1.807) is 20.8 Å². The van der Waals surface area contributed by atoms with Gasteiger partial charge in [-0.3, -0.25) is 5.32 Å². The van der Waals surface area contributed by atoms with Crippen LogP contribution in [0.25, 0.3) is 0 Å². The van der Waals surface area contributed by atoms with E-state index in [-0.39, 0.29) is 5.02 Å². The molecule has 1 heterocycles. The van der Waals surface area contributed by atoms with E-state index in [0.717, 1.165) is 12.3 Å².